The van der Waals surface area contributed by atoms with Crippen molar-refractivity contribution in [3.8, 4) is 0 Å². The molecule has 0 radical (unpaired) electrons. The van der Waals surface area contributed by atoms with Gasteiger partial charge in [0, 0.05) is 19.0 Å². The molecule has 1 rings (SSSR count). The molecule has 0 spiro atoms. The number of benzene rings is 1. The van der Waals surface area contributed by atoms with Gasteiger partial charge < -0.3 is 4.90 Å². The van der Waals surface area contributed by atoms with E-state index < -0.39 is 10.0 Å². The Morgan fingerprint density at radius 3 is 2.35 bits per heavy atom. The minimum atomic E-state index is -3.46. The van der Waals surface area contributed by atoms with Crippen molar-refractivity contribution >= 4 is 21.6 Å². The summed E-state index contributed by atoms with van der Waals surface area (Å²) < 4.78 is 26.9. The Labute approximate surface area is 127 Å². The van der Waals surface area contributed by atoms with E-state index in [0.717, 1.165) is 13.0 Å². The minimum Gasteiger partial charge on any atom is -0.309 e. The second kappa shape index (κ2) is 7.98. The maximum absolute atomic E-state index is 12.7. The van der Waals surface area contributed by atoms with E-state index in [-0.39, 0.29) is 5.88 Å². The molecule has 0 N–H and O–H groups in total. The summed E-state index contributed by atoms with van der Waals surface area (Å²) in [5, 5.41) is 0. The van der Waals surface area contributed by atoms with E-state index in [1.165, 1.54) is 4.31 Å². The fraction of sp³-hybridized carbons (Fsp3) is 0.571. The first-order chi connectivity index (χ1) is 9.43. The molecule has 1 aromatic rings. The first-order valence-corrected chi connectivity index (χ1v) is 8.69. The first kappa shape index (κ1) is 17.4. The van der Waals surface area contributed by atoms with Crippen molar-refractivity contribution in [3.05, 3.63) is 29.8 Å². The molecule has 114 valence electrons. The number of sulfonamides is 1. The van der Waals surface area contributed by atoms with Crippen LogP contribution < -0.4 is 0 Å². The van der Waals surface area contributed by atoms with Crippen molar-refractivity contribution in [2.45, 2.75) is 24.1 Å². The molecular weight excluding hydrogens is 296 g/mol. The van der Waals surface area contributed by atoms with Gasteiger partial charge in [-0.2, -0.15) is 4.31 Å². The third-order valence-electron chi connectivity index (χ3n) is 3.10. The molecule has 1 aromatic carbocycles. The molecule has 20 heavy (non-hydrogen) atoms. The minimum absolute atomic E-state index is 0.199. The van der Waals surface area contributed by atoms with Gasteiger partial charge >= 0.3 is 0 Å². The van der Waals surface area contributed by atoms with Gasteiger partial charge in [0.1, 0.15) is 0 Å². The van der Waals surface area contributed by atoms with E-state index in [2.05, 4.69) is 0 Å². The zero-order valence-corrected chi connectivity index (χ0v) is 13.9. The van der Waals surface area contributed by atoms with Crippen LogP contribution in [0.2, 0.25) is 0 Å². The molecule has 0 unspecified atom stereocenters. The second-order valence-electron chi connectivity index (χ2n) is 4.89. The smallest absolute Gasteiger partial charge is 0.243 e. The summed E-state index contributed by atoms with van der Waals surface area (Å²) in [5.41, 5.74) is 0.653. The molecule has 0 saturated heterocycles. The van der Waals surface area contributed by atoms with Crippen molar-refractivity contribution in [3.63, 3.8) is 0 Å². The lowest BCUT2D eigenvalue weighted by Gasteiger charge is -2.22. The fourth-order valence-electron chi connectivity index (χ4n) is 2.02. The van der Waals surface area contributed by atoms with Crippen molar-refractivity contribution < 1.29 is 8.42 Å². The van der Waals surface area contributed by atoms with Gasteiger partial charge in [-0.25, -0.2) is 8.42 Å². The number of rotatable bonds is 8. The van der Waals surface area contributed by atoms with E-state index in [4.69, 9.17) is 11.6 Å². The van der Waals surface area contributed by atoms with Crippen LogP contribution in [0.4, 0.5) is 0 Å². The highest BCUT2D eigenvalue weighted by molar-refractivity contribution is 7.89. The molecule has 4 nitrogen and oxygen atoms in total. The third kappa shape index (κ3) is 4.45. The lowest BCUT2D eigenvalue weighted by Crippen LogP contribution is -2.33. The van der Waals surface area contributed by atoms with Gasteiger partial charge in [0.2, 0.25) is 10.0 Å². The van der Waals surface area contributed by atoms with E-state index in [1.807, 2.05) is 25.9 Å². The Morgan fingerprint density at radius 1 is 1.15 bits per heavy atom. The van der Waals surface area contributed by atoms with Gasteiger partial charge in [0.25, 0.3) is 0 Å². The van der Waals surface area contributed by atoms with Crippen LogP contribution in [-0.2, 0) is 15.9 Å². The number of halogens is 1. The lowest BCUT2D eigenvalue weighted by molar-refractivity contribution is 0.356. The zero-order valence-electron chi connectivity index (χ0n) is 12.3. The quantitative estimate of drug-likeness (QED) is 0.691. The predicted octanol–water partition coefficient (Wildman–Crippen LogP) is 2.39. The highest BCUT2D eigenvalue weighted by Crippen LogP contribution is 2.21. The van der Waals surface area contributed by atoms with E-state index in [1.54, 1.807) is 24.3 Å². The van der Waals surface area contributed by atoms with E-state index in [0.29, 0.717) is 23.5 Å². The molecule has 0 amide bonds. The standard InChI is InChI=1S/C14H23ClN2O2S/c1-4-17(11-7-10-16(2)3)20(18,19)14-9-6-5-8-13(14)12-15/h5-6,8-9H,4,7,10-12H2,1-3H3. The molecule has 6 heteroatoms. The van der Waals surface area contributed by atoms with Gasteiger partial charge in [-0.1, -0.05) is 25.1 Å². The number of hydrogen-bond donors (Lipinski definition) is 0. The Bertz CT molecular complexity index is 518. The van der Waals surface area contributed by atoms with Crippen LogP contribution in [0.1, 0.15) is 18.9 Å². The summed E-state index contributed by atoms with van der Waals surface area (Å²) in [6.07, 6.45) is 0.809. The van der Waals surface area contributed by atoms with Crippen LogP contribution in [0.3, 0.4) is 0 Å². The summed E-state index contributed by atoms with van der Waals surface area (Å²) in [6, 6.07) is 6.92. The average molecular weight is 319 g/mol. The first-order valence-electron chi connectivity index (χ1n) is 6.72. The summed E-state index contributed by atoms with van der Waals surface area (Å²) in [7, 11) is 0.498. The topological polar surface area (TPSA) is 40.6 Å². The Hall–Kier alpha value is -0.620. The third-order valence-corrected chi connectivity index (χ3v) is 5.46. The molecular formula is C14H23ClN2O2S. The molecule has 0 aliphatic rings. The highest BCUT2D eigenvalue weighted by atomic mass is 35.5. The molecule has 0 heterocycles. The normalized spacial score (nSPS) is 12.3. The van der Waals surface area contributed by atoms with Gasteiger partial charge in [-0.05, 0) is 38.7 Å². The molecule has 0 fully saturated rings. The number of alkyl halides is 1. The summed E-state index contributed by atoms with van der Waals surface area (Å²) in [4.78, 5) is 2.37. The Balaban J connectivity index is 2.94. The van der Waals surface area contributed by atoms with E-state index >= 15 is 0 Å². The van der Waals surface area contributed by atoms with Crippen molar-refractivity contribution in [1.29, 1.82) is 0 Å². The summed E-state index contributed by atoms with van der Waals surface area (Å²) >= 11 is 5.84. The Morgan fingerprint density at radius 2 is 1.80 bits per heavy atom. The van der Waals surface area contributed by atoms with Crippen molar-refractivity contribution in [1.82, 2.24) is 9.21 Å². The van der Waals surface area contributed by atoms with Crippen LogP contribution in [-0.4, -0.2) is 51.4 Å². The molecule has 0 aromatic heterocycles. The monoisotopic (exact) mass is 318 g/mol. The van der Waals surface area contributed by atoms with Crippen LogP contribution in [0.15, 0.2) is 29.2 Å². The molecule has 0 bridgehead atoms. The van der Waals surface area contributed by atoms with Crippen molar-refractivity contribution in [2.75, 3.05) is 33.7 Å². The Kier molecular flexibility index (Phi) is 6.95. The van der Waals surface area contributed by atoms with Crippen LogP contribution in [0.5, 0.6) is 0 Å². The maximum atomic E-state index is 12.7. The lowest BCUT2D eigenvalue weighted by atomic mass is 10.2. The zero-order chi connectivity index (χ0) is 15.2. The predicted molar refractivity (Wildman–Crippen MR) is 83.6 cm³/mol. The van der Waals surface area contributed by atoms with E-state index in [9.17, 15) is 8.42 Å². The number of hydrogen-bond acceptors (Lipinski definition) is 3. The summed E-state index contributed by atoms with van der Waals surface area (Å²) in [5.74, 6) is 0.199. The number of nitrogens with zero attached hydrogens (tertiary/aromatic N) is 2. The summed E-state index contributed by atoms with van der Waals surface area (Å²) in [6.45, 7) is 3.71. The van der Waals surface area contributed by atoms with Gasteiger partial charge in [-0.3, -0.25) is 0 Å². The average Bonchev–Trinajstić information content (AvgIpc) is 2.43. The second-order valence-corrected chi connectivity index (χ2v) is 7.07. The van der Waals surface area contributed by atoms with Crippen molar-refractivity contribution in [2.24, 2.45) is 0 Å². The highest BCUT2D eigenvalue weighted by Gasteiger charge is 2.24. The van der Waals surface area contributed by atoms with Gasteiger partial charge in [0.05, 0.1) is 4.90 Å². The molecule has 0 atom stereocenters. The fourth-order valence-corrected chi connectivity index (χ4v) is 4.04. The molecule has 0 saturated carbocycles. The van der Waals surface area contributed by atoms with Crippen LogP contribution in [0.25, 0.3) is 0 Å². The SMILES string of the molecule is CCN(CCCN(C)C)S(=O)(=O)c1ccccc1CCl. The largest absolute Gasteiger partial charge is 0.309 e. The van der Waals surface area contributed by atoms with Gasteiger partial charge in [0.15, 0.2) is 0 Å². The van der Waals surface area contributed by atoms with Gasteiger partial charge in [-0.15, -0.1) is 11.6 Å². The van der Waals surface area contributed by atoms with Crippen LogP contribution >= 0.6 is 11.6 Å². The molecule has 0 aliphatic carbocycles. The van der Waals surface area contributed by atoms with Crippen LogP contribution in [0, 0.1) is 0 Å². The maximum Gasteiger partial charge on any atom is 0.243 e. The molecule has 0 aliphatic heterocycles.